The van der Waals surface area contributed by atoms with Gasteiger partial charge in [-0.25, -0.2) is 0 Å². The van der Waals surface area contributed by atoms with Crippen LogP contribution in [0.2, 0.25) is 0 Å². The first-order valence-corrected chi connectivity index (χ1v) is 7.00. The van der Waals surface area contributed by atoms with Crippen LogP contribution in [-0.2, 0) is 4.79 Å². The van der Waals surface area contributed by atoms with Crippen molar-refractivity contribution in [3.63, 3.8) is 0 Å². The SMILES string of the molecule is CC1CN(CC(=O)Nc2cccc(N)c2)CC1N(C)C. The van der Waals surface area contributed by atoms with Gasteiger partial charge in [-0.05, 0) is 38.2 Å². The third-order valence-electron chi connectivity index (χ3n) is 3.85. The number of carbonyl (C=O) groups is 1. The third-order valence-corrected chi connectivity index (χ3v) is 3.85. The van der Waals surface area contributed by atoms with E-state index in [0.717, 1.165) is 18.8 Å². The van der Waals surface area contributed by atoms with Gasteiger partial charge >= 0.3 is 0 Å². The fourth-order valence-electron chi connectivity index (χ4n) is 2.87. The van der Waals surface area contributed by atoms with Gasteiger partial charge in [-0.3, -0.25) is 9.69 Å². The summed E-state index contributed by atoms with van der Waals surface area (Å²) in [5, 5.41) is 2.89. The molecular weight excluding hydrogens is 252 g/mol. The van der Waals surface area contributed by atoms with Crippen molar-refractivity contribution in [2.75, 3.05) is 44.8 Å². The van der Waals surface area contributed by atoms with Gasteiger partial charge in [0.15, 0.2) is 0 Å². The summed E-state index contributed by atoms with van der Waals surface area (Å²) in [4.78, 5) is 16.5. The number of nitrogens with one attached hydrogen (secondary N) is 1. The molecule has 110 valence electrons. The van der Waals surface area contributed by atoms with Gasteiger partial charge in [-0.1, -0.05) is 13.0 Å². The van der Waals surface area contributed by atoms with Crippen molar-refractivity contribution in [1.82, 2.24) is 9.80 Å². The molecule has 1 aromatic rings. The quantitative estimate of drug-likeness (QED) is 0.808. The molecule has 20 heavy (non-hydrogen) atoms. The number of likely N-dealkylation sites (N-methyl/N-ethyl adjacent to an activating group) is 1. The van der Waals surface area contributed by atoms with Crippen LogP contribution < -0.4 is 11.1 Å². The van der Waals surface area contributed by atoms with E-state index < -0.39 is 0 Å². The normalized spacial score (nSPS) is 23.2. The molecule has 0 aromatic heterocycles. The van der Waals surface area contributed by atoms with Crippen molar-refractivity contribution >= 4 is 17.3 Å². The average Bonchev–Trinajstić information content (AvgIpc) is 2.70. The molecule has 0 aliphatic carbocycles. The van der Waals surface area contributed by atoms with Crippen LogP contribution in [-0.4, -0.2) is 55.5 Å². The first kappa shape index (κ1) is 14.8. The predicted octanol–water partition coefficient (Wildman–Crippen LogP) is 1.09. The van der Waals surface area contributed by atoms with Crippen molar-refractivity contribution in [1.29, 1.82) is 0 Å². The van der Waals surface area contributed by atoms with Crippen LogP contribution in [0, 0.1) is 5.92 Å². The lowest BCUT2D eigenvalue weighted by Crippen LogP contribution is -2.36. The van der Waals surface area contributed by atoms with Gasteiger partial charge in [0, 0.05) is 30.5 Å². The summed E-state index contributed by atoms with van der Waals surface area (Å²) in [5.74, 6) is 0.604. The number of nitrogen functional groups attached to an aromatic ring is 1. The number of benzene rings is 1. The van der Waals surface area contributed by atoms with Crippen molar-refractivity contribution in [3.05, 3.63) is 24.3 Å². The Hall–Kier alpha value is -1.59. The van der Waals surface area contributed by atoms with Crippen LogP contribution in [0.3, 0.4) is 0 Å². The lowest BCUT2D eigenvalue weighted by Gasteiger charge is -2.22. The number of hydrogen-bond donors (Lipinski definition) is 2. The Morgan fingerprint density at radius 3 is 2.80 bits per heavy atom. The highest BCUT2D eigenvalue weighted by atomic mass is 16.2. The van der Waals surface area contributed by atoms with Crippen LogP contribution in [0.15, 0.2) is 24.3 Å². The lowest BCUT2D eigenvalue weighted by molar-refractivity contribution is -0.117. The molecule has 1 aromatic carbocycles. The minimum atomic E-state index is 0.0159. The smallest absolute Gasteiger partial charge is 0.238 e. The van der Waals surface area contributed by atoms with E-state index in [4.69, 9.17) is 5.73 Å². The van der Waals surface area contributed by atoms with Crippen LogP contribution in [0.1, 0.15) is 6.92 Å². The van der Waals surface area contributed by atoms with Crippen LogP contribution >= 0.6 is 0 Å². The molecule has 0 spiro atoms. The molecule has 0 saturated carbocycles. The van der Waals surface area contributed by atoms with E-state index >= 15 is 0 Å². The molecule has 1 fully saturated rings. The van der Waals surface area contributed by atoms with Crippen LogP contribution in [0.4, 0.5) is 11.4 Å². The summed E-state index contributed by atoms with van der Waals surface area (Å²) in [5.41, 5.74) is 7.11. The fraction of sp³-hybridized carbons (Fsp3) is 0.533. The lowest BCUT2D eigenvalue weighted by atomic mass is 10.1. The Kier molecular flexibility index (Phi) is 4.62. The number of likely N-dealkylation sites (tertiary alicyclic amines) is 1. The van der Waals surface area contributed by atoms with E-state index in [9.17, 15) is 4.79 Å². The molecule has 1 heterocycles. The predicted molar refractivity (Wildman–Crippen MR) is 82.6 cm³/mol. The highest BCUT2D eigenvalue weighted by Gasteiger charge is 2.31. The second-order valence-corrected chi connectivity index (χ2v) is 5.88. The van der Waals surface area contributed by atoms with Gasteiger partial charge in [0.1, 0.15) is 0 Å². The summed E-state index contributed by atoms with van der Waals surface area (Å²) in [6.07, 6.45) is 0. The second kappa shape index (κ2) is 6.24. The van der Waals surface area contributed by atoms with Gasteiger partial charge in [-0.15, -0.1) is 0 Å². The van der Waals surface area contributed by atoms with Crippen LogP contribution in [0.5, 0.6) is 0 Å². The maximum atomic E-state index is 12.1. The molecule has 0 radical (unpaired) electrons. The van der Waals surface area contributed by atoms with Crippen molar-refractivity contribution in [3.8, 4) is 0 Å². The standard InChI is InChI=1S/C15H24N4O/c1-11-8-19(9-14(11)18(2)3)10-15(20)17-13-6-4-5-12(16)7-13/h4-7,11,14H,8-10,16H2,1-3H3,(H,17,20). The monoisotopic (exact) mass is 276 g/mol. The second-order valence-electron chi connectivity index (χ2n) is 5.88. The van der Waals surface area contributed by atoms with Crippen LogP contribution in [0.25, 0.3) is 0 Å². The highest BCUT2D eigenvalue weighted by molar-refractivity contribution is 5.92. The molecule has 1 saturated heterocycles. The molecule has 5 heteroatoms. The van der Waals surface area contributed by atoms with E-state index in [1.54, 1.807) is 12.1 Å². The first-order valence-electron chi connectivity index (χ1n) is 7.00. The topological polar surface area (TPSA) is 61.6 Å². The summed E-state index contributed by atoms with van der Waals surface area (Å²) >= 11 is 0. The van der Waals surface area contributed by atoms with Crippen molar-refractivity contribution in [2.45, 2.75) is 13.0 Å². The van der Waals surface area contributed by atoms with E-state index in [-0.39, 0.29) is 5.91 Å². The van der Waals surface area contributed by atoms with Crippen molar-refractivity contribution < 1.29 is 4.79 Å². The largest absolute Gasteiger partial charge is 0.399 e. The molecule has 2 unspecified atom stereocenters. The zero-order valence-corrected chi connectivity index (χ0v) is 12.5. The van der Waals surface area contributed by atoms with E-state index in [2.05, 4.69) is 36.1 Å². The number of hydrogen-bond acceptors (Lipinski definition) is 4. The van der Waals surface area contributed by atoms with E-state index in [1.165, 1.54) is 0 Å². The molecule has 5 nitrogen and oxygen atoms in total. The van der Waals surface area contributed by atoms with Gasteiger partial charge in [0.05, 0.1) is 6.54 Å². The molecule has 0 bridgehead atoms. The Labute approximate surface area is 120 Å². The minimum Gasteiger partial charge on any atom is -0.399 e. The van der Waals surface area contributed by atoms with Gasteiger partial charge in [0.2, 0.25) is 5.91 Å². The maximum absolute atomic E-state index is 12.1. The number of rotatable bonds is 4. The van der Waals surface area contributed by atoms with Crippen molar-refractivity contribution in [2.24, 2.45) is 5.92 Å². The van der Waals surface area contributed by atoms with Gasteiger partial charge < -0.3 is 16.0 Å². The Morgan fingerprint density at radius 2 is 2.20 bits per heavy atom. The first-order chi connectivity index (χ1) is 9.45. The minimum absolute atomic E-state index is 0.0159. The zero-order valence-electron chi connectivity index (χ0n) is 12.5. The molecule has 2 atom stereocenters. The van der Waals surface area contributed by atoms with Gasteiger partial charge in [0.25, 0.3) is 0 Å². The summed E-state index contributed by atoms with van der Waals surface area (Å²) in [7, 11) is 4.19. The Balaban J connectivity index is 1.87. The molecule has 3 N–H and O–H groups in total. The average molecular weight is 276 g/mol. The summed E-state index contributed by atoms with van der Waals surface area (Å²) < 4.78 is 0. The fourth-order valence-corrected chi connectivity index (χ4v) is 2.87. The molecule has 1 aliphatic rings. The molecular formula is C15H24N4O. The maximum Gasteiger partial charge on any atom is 0.238 e. The number of anilines is 2. The highest BCUT2D eigenvalue weighted by Crippen LogP contribution is 2.19. The van der Waals surface area contributed by atoms with E-state index in [1.807, 2.05) is 12.1 Å². The Morgan fingerprint density at radius 1 is 1.45 bits per heavy atom. The number of nitrogens with zero attached hydrogens (tertiary/aromatic N) is 2. The number of nitrogens with two attached hydrogens (primary N) is 1. The number of carbonyl (C=O) groups excluding carboxylic acids is 1. The van der Waals surface area contributed by atoms with E-state index in [0.29, 0.717) is 24.2 Å². The summed E-state index contributed by atoms with van der Waals surface area (Å²) in [6, 6.07) is 7.79. The van der Waals surface area contributed by atoms with Gasteiger partial charge in [-0.2, -0.15) is 0 Å². The zero-order chi connectivity index (χ0) is 14.7. The summed E-state index contributed by atoms with van der Waals surface area (Å²) in [6.45, 7) is 4.58. The third kappa shape index (κ3) is 3.71. The molecule has 2 rings (SSSR count). The Bertz CT molecular complexity index is 475. The molecule has 1 amide bonds. The molecule has 1 aliphatic heterocycles. The number of amides is 1.